The van der Waals surface area contributed by atoms with Crippen molar-refractivity contribution in [2.45, 2.75) is 9.79 Å². The molecule has 4 rings (SSSR count). The van der Waals surface area contributed by atoms with Crippen molar-refractivity contribution < 1.29 is 0 Å². The molecule has 0 spiro atoms. The van der Waals surface area contributed by atoms with Crippen molar-refractivity contribution in [3.63, 3.8) is 0 Å². The van der Waals surface area contributed by atoms with Crippen LogP contribution in [0.25, 0.3) is 21.8 Å². The molecule has 0 aliphatic heterocycles. The first-order valence-electron chi connectivity index (χ1n) is 6.64. The Balaban J connectivity index is 1.91. The highest BCUT2D eigenvalue weighted by molar-refractivity contribution is 7.99. The highest BCUT2D eigenvalue weighted by Crippen LogP contribution is 2.35. The molecular formula is C18H13NS. The smallest absolute Gasteiger partial charge is 0.0606 e. The first-order chi connectivity index (χ1) is 9.92. The number of hydrogen-bond acceptors (Lipinski definition) is 1. The second kappa shape index (κ2) is 4.73. The number of para-hydroxylation sites is 2. The Morgan fingerprint density at radius 2 is 1.40 bits per heavy atom. The van der Waals surface area contributed by atoms with E-state index in [0.717, 1.165) is 0 Å². The molecule has 0 amide bonds. The Morgan fingerprint density at radius 3 is 2.30 bits per heavy atom. The second-order valence-corrected chi connectivity index (χ2v) is 5.88. The first-order valence-corrected chi connectivity index (χ1v) is 7.46. The molecule has 1 heterocycles. The number of benzene rings is 3. The van der Waals surface area contributed by atoms with E-state index < -0.39 is 0 Å². The SMILES string of the molecule is c1ccc(Sc2cccc3c2[nH]c2ccccc23)cc1. The number of rotatable bonds is 2. The van der Waals surface area contributed by atoms with Crippen LogP contribution in [0.4, 0.5) is 0 Å². The molecule has 3 aromatic carbocycles. The molecule has 0 aliphatic rings. The molecule has 0 radical (unpaired) electrons. The number of aromatic nitrogens is 1. The van der Waals surface area contributed by atoms with Gasteiger partial charge in [-0.3, -0.25) is 0 Å². The molecular weight excluding hydrogens is 262 g/mol. The molecule has 0 atom stereocenters. The lowest BCUT2D eigenvalue weighted by molar-refractivity contribution is 1.41. The van der Waals surface area contributed by atoms with Crippen LogP contribution >= 0.6 is 11.8 Å². The lowest BCUT2D eigenvalue weighted by Gasteiger charge is -2.03. The van der Waals surface area contributed by atoms with Gasteiger partial charge in [0.15, 0.2) is 0 Å². The summed E-state index contributed by atoms with van der Waals surface area (Å²) in [6, 6.07) is 25.4. The largest absolute Gasteiger partial charge is 0.354 e. The van der Waals surface area contributed by atoms with Crippen molar-refractivity contribution in [1.82, 2.24) is 4.98 Å². The maximum absolute atomic E-state index is 3.55. The van der Waals surface area contributed by atoms with Crippen molar-refractivity contribution in [2.75, 3.05) is 0 Å². The Morgan fingerprint density at radius 1 is 0.650 bits per heavy atom. The molecule has 0 saturated heterocycles. The van der Waals surface area contributed by atoms with Crippen LogP contribution in [0.5, 0.6) is 0 Å². The molecule has 0 aliphatic carbocycles. The lowest BCUT2D eigenvalue weighted by atomic mass is 10.1. The van der Waals surface area contributed by atoms with Crippen LogP contribution in [0.2, 0.25) is 0 Å². The van der Waals surface area contributed by atoms with E-state index in [2.05, 4.69) is 71.7 Å². The van der Waals surface area contributed by atoms with E-state index in [1.807, 2.05) is 6.07 Å². The third-order valence-corrected chi connectivity index (χ3v) is 4.54. The average molecular weight is 275 g/mol. The predicted octanol–water partition coefficient (Wildman–Crippen LogP) is 5.47. The number of nitrogens with one attached hydrogen (secondary N) is 1. The summed E-state index contributed by atoms with van der Waals surface area (Å²) in [5, 5.41) is 2.58. The monoisotopic (exact) mass is 275 g/mol. The number of H-pyrrole nitrogens is 1. The van der Waals surface area contributed by atoms with Gasteiger partial charge in [-0.05, 0) is 24.3 Å². The van der Waals surface area contributed by atoms with Gasteiger partial charge in [-0.1, -0.05) is 60.3 Å². The molecule has 1 nitrogen and oxygen atoms in total. The van der Waals surface area contributed by atoms with Crippen LogP contribution in [0.3, 0.4) is 0 Å². The van der Waals surface area contributed by atoms with Crippen LogP contribution in [0.15, 0.2) is 82.6 Å². The zero-order valence-electron chi connectivity index (χ0n) is 10.8. The standard InChI is InChI=1S/C18H13NS/c1-2-7-13(8-3-1)20-17-12-6-10-15-14-9-4-5-11-16(14)19-18(15)17/h1-12,19H. The van der Waals surface area contributed by atoms with Crippen molar-refractivity contribution in [1.29, 1.82) is 0 Å². The van der Waals surface area contributed by atoms with Crippen molar-refractivity contribution in [3.05, 3.63) is 72.8 Å². The second-order valence-electron chi connectivity index (χ2n) is 4.76. The van der Waals surface area contributed by atoms with E-state index in [1.54, 1.807) is 11.8 Å². The molecule has 0 unspecified atom stereocenters. The highest BCUT2D eigenvalue weighted by atomic mass is 32.2. The molecule has 4 aromatic rings. The van der Waals surface area contributed by atoms with Gasteiger partial charge in [-0.25, -0.2) is 0 Å². The fourth-order valence-corrected chi connectivity index (χ4v) is 3.50. The van der Waals surface area contributed by atoms with Crippen LogP contribution in [0, 0.1) is 0 Å². The summed E-state index contributed by atoms with van der Waals surface area (Å²) in [5.41, 5.74) is 2.42. The molecule has 1 N–H and O–H groups in total. The van der Waals surface area contributed by atoms with Gasteiger partial charge < -0.3 is 4.98 Å². The van der Waals surface area contributed by atoms with Gasteiger partial charge in [0, 0.05) is 26.1 Å². The van der Waals surface area contributed by atoms with Crippen molar-refractivity contribution >= 4 is 33.6 Å². The summed E-state index contributed by atoms with van der Waals surface area (Å²) in [6.07, 6.45) is 0. The summed E-state index contributed by atoms with van der Waals surface area (Å²) < 4.78 is 0. The van der Waals surface area contributed by atoms with E-state index >= 15 is 0 Å². The number of fused-ring (bicyclic) bond motifs is 3. The maximum atomic E-state index is 3.55. The minimum atomic E-state index is 1.20. The van der Waals surface area contributed by atoms with E-state index in [0.29, 0.717) is 0 Å². The molecule has 0 bridgehead atoms. The zero-order chi connectivity index (χ0) is 13.4. The molecule has 0 fully saturated rings. The van der Waals surface area contributed by atoms with Gasteiger partial charge in [0.25, 0.3) is 0 Å². The Hall–Kier alpha value is -2.19. The Kier molecular flexibility index (Phi) is 2.75. The van der Waals surface area contributed by atoms with Crippen molar-refractivity contribution in [2.24, 2.45) is 0 Å². The van der Waals surface area contributed by atoms with Gasteiger partial charge in [0.05, 0.1) is 5.52 Å². The fourth-order valence-electron chi connectivity index (χ4n) is 2.55. The fraction of sp³-hybridized carbons (Fsp3) is 0. The van der Waals surface area contributed by atoms with Gasteiger partial charge in [-0.2, -0.15) is 0 Å². The minimum absolute atomic E-state index is 1.20. The maximum Gasteiger partial charge on any atom is 0.0606 e. The van der Waals surface area contributed by atoms with Crippen LogP contribution in [-0.4, -0.2) is 4.98 Å². The lowest BCUT2D eigenvalue weighted by Crippen LogP contribution is -1.76. The summed E-state index contributed by atoms with van der Waals surface area (Å²) >= 11 is 1.80. The van der Waals surface area contributed by atoms with Crippen LogP contribution in [-0.2, 0) is 0 Å². The molecule has 1 aromatic heterocycles. The molecule has 0 saturated carbocycles. The van der Waals surface area contributed by atoms with Gasteiger partial charge in [0.1, 0.15) is 0 Å². The van der Waals surface area contributed by atoms with Crippen molar-refractivity contribution in [3.8, 4) is 0 Å². The third-order valence-electron chi connectivity index (χ3n) is 3.47. The van der Waals surface area contributed by atoms with E-state index in [-0.39, 0.29) is 0 Å². The van der Waals surface area contributed by atoms with Gasteiger partial charge in [-0.15, -0.1) is 0 Å². The summed E-state index contributed by atoms with van der Waals surface area (Å²) in [4.78, 5) is 6.08. The highest BCUT2D eigenvalue weighted by Gasteiger charge is 2.08. The van der Waals surface area contributed by atoms with Gasteiger partial charge in [0.2, 0.25) is 0 Å². The quantitative estimate of drug-likeness (QED) is 0.512. The normalized spacial score (nSPS) is 11.2. The predicted molar refractivity (Wildman–Crippen MR) is 86.4 cm³/mol. The van der Waals surface area contributed by atoms with Crippen LogP contribution in [0.1, 0.15) is 0 Å². The van der Waals surface area contributed by atoms with E-state index in [4.69, 9.17) is 0 Å². The number of aromatic amines is 1. The average Bonchev–Trinajstić information content (AvgIpc) is 2.88. The Bertz CT molecular complexity index is 878. The molecule has 96 valence electrons. The molecule has 20 heavy (non-hydrogen) atoms. The number of hydrogen-bond donors (Lipinski definition) is 1. The summed E-state index contributed by atoms with van der Waals surface area (Å²) in [6.45, 7) is 0. The topological polar surface area (TPSA) is 15.8 Å². The minimum Gasteiger partial charge on any atom is -0.354 e. The van der Waals surface area contributed by atoms with E-state index in [1.165, 1.54) is 31.6 Å². The molecule has 2 heteroatoms. The van der Waals surface area contributed by atoms with Gasteiger partial charge >= 0.3 is 0 Å². The summed E-state index contributed by atoms with van der Waals surface area (Å²) in [5.74, 6) is 0. The van der Waals surface area contributed by atoms with Crippen LogP contribution < -0.4 is 0 Å². The Labute approximate surface area is 121 Å². The summed E-state index contributed by atoms with van der Waals surface area (Å²) in [7, 11) is 0. The first kappa shape index (κ1) is 11.6. The van der Waals surface area contributed by atoms with E-state index in [9.17, 15) is 0 Å². The zero-order valence-corrected chi connectivity index (χ0v) is 11.7. The third kappa shape index (κ3) is 1.89.